The molecule has 2 bridgehead atoms. The molecule has 2 aliphatic rings. The Bertz CT molecular complexity index is 1170. The van der Waals surface area contributed by atoms with Gasteiger partial charge in [0.15, 0.2) is 0 Å². The van der Waals surface area contributed by atoms with Gasteiger partial charge in [-0.05, 0) is 42.5 Å². The highest BCUT2D eigenvalue weighted by Crippen LogP contribution is 2.36. The minimum atomic E-state index is -0.473. The molecule has 1 fully saturated rings. The van der Waals surface area contributed by atoms with E-state index in [1.807, 2.05) is 29.3 Å². The van der Waals surface area contributed by atoms with Gasteiger partial charge in [-0.3, -0.25) is 14.8 Å². The summed E-state index contributed by atoms with van der Waals surface area (Å²) in [6.07, 6.45) is 4.03. The van der Waals surface area contributed by atoms with Crippen LogP contribution in [0.25, 0.3) is 10.9 Å². The monoisotopic (exact) mass is 407 g/mol. The number of nitrogens with zero attached hydrogens (tertiary/aromatic N) is 3. The van der Waals surface area contributed by atoms with Crippen molar-refractivity contribution in [3.05, 3.63) is 69.4 Å². The number of aryl methyl sites for hydroxylation is 1. The number of carbonyl (C=O) groups is 1. The largest absolute Gasteiger partial charge is 0.733 e. The lowest BCUT2D eigenvalue weighted by molar-refractivity contribution is -0.133. The number of hydrogen-bond donors (Lipinski definition) is 2. The number of piperidine rings is 1. The summed E-state index contributed by atoms with van der Waals surface area (Å²) in [7, 11) is 0. The number of pyridine rings is 1. The number of nitrogens with one attached hydrogen (secondary N) is 1. The van der Waals surface area contributed by atoms with Crippen molar-refractivity contribution in [3.8, 4) is 0 Å². The van der Waals surface area contributed by atoms with Crippen LogP contribution in [0.15, 0.2) is 47.4 Å². The van der Waals surface area contributed by atoms with Crippen LogP contribution in [0.2, 0.25) is 0 Å². The van der Waals surface area contributed by atoms with Crippen molar-refractivity contribution in [3.63, 3.8) is 0 Å². The molecule has 0 unspecified atom stereocenters. The van der Waals surface area contributed by atoms with E-state index in [0.29, 0.717) is 32.5 Å². The van der Waals surface area contributed by atoms with Crippen LogP contribution in [0.1, 0.15) is 30.0 Å². The van der Waals surface area contributed by atoms with Crippen LogP contribution in [-0.4, -0.2) is 38.7 Å². The molecule has 8 nitrogen and oxygen atoms in total. The number of aromatic nitrogens is 2. The van der Waals surface area contributed by atoms with Gasteiger partial charge >= 0.3 is 0 Å². The smallest absolute Gasteiger partial charge is 0.275 e. The van der Waals surface area contributed by atoms with Gasteiger partial charge in [0.1, 0.15) is 5.69 Å². The first kappa shape index (κ1) is 18.9. The normalized spacial score (nSPS) is 20.3. The molecule has 30 heavy (non-hydrogen) atoms. The SMILES string of the molecule is O=C(CCc1c[nH]c2ccccc12)N1C[C@H]2C[C@H](C1)c1ccc(N([O-])O)c(=O)n1C2. The van der Waals surface area contributed by atoms with Crippen LogP contribution in [0.4, 0.5) is 5.69 Å². The number of anilines is 1. The van der Waals surface area contributed by atoms with E-state index in [9.17, 15) is 14.8 Å². The average molecular weight is 407 g/mol. The molecule has 2 N–H and O–H groups in total. The van der Waals surface area contributed by atoms with E-state index in [4.69, 9.17) is 5.21 Å². The maximum atomic E-state index is 12.9. The Kier molecular flexibility index (Phi) is 4.60. The van der Waals surface area contributed by atoms with Crippen LogP contribution in [0, 0.1) is 11.1 Å². The van der Waals surface area contributed by atoms with E-state index in [2.05, 4.69) is 11.1 Å². The number of rotatable bonds is 4. The van der Waals surface area contributed by atoms with Gasteiger partial charge in [-0.1, -0.05) is 18.2 Å². The topological polar surface area (TPSA) is 105 Å². The molecule has 0 aliphatic carbocycles. The number of H-pyrrole nitrogens is 1. The van der Waals surface area contributed by atoms with Gasteiger partial charge in [0.25, 0.3) is 5.56 Å². The second-order valence-corrected chi connectivity index (χ2v) is 8.29. The highest BCUT2D eigenvalue weighted by atomic mass is 16.8. The van der Waals surface area contributed by atoms with Crippen molar-refractivity contribution in [1.29, 1.82) is 0 Å². The minimum absolute atomic E-state index is 0.0649. The Morgan fingerprint density at radius 3 is 2.87 bits per heavy atom. The summed E-state index contributed by atoms with van der Waals surface area (Å²) >= 11 is 0. The van der Waals surface area contributed by atoms with E-state index in [0.717, 1.165) is 28.6 Å². The van der Waals surface area contributed by atoms with Crippen molar-refractivity contribution in [2.45, 2.75) is 31.7 Å². The fourth-order valence-electron chi connectivity index (χ4n) is 5.02. The average Bonchev–Trinajstić information content (AvgIpc) is 3.15. The van der Waals surface area contributed by atoms with Crippen molar-refractivity contribution < 1.29 is 10.0 Å². The van der Waals surface area contributed by atoms with Crippen LogP contribution in [-0.2, 0) is 17.8 Å². The van der Waals surface area contributed by atoms with Gasteiger partial charge in [0.2, 0.25) is 5.91 Å². The number of amides is 1. The van der Waals surface area contributed by atoms with E-state index in [1.165, 1.54) is 6.07 Å². The molecule has 4 heterocycles. The third-order valence-electron chi connectivity index (χ3n) is 6.43. The van der Waals surface area contributed by atoms with Crippen LogP contribution in [0.3, 0.4) is 0 Å². The lowest BCUT2D eigenvalue weighted by Gasteiger charge is -2.43. The van der Waals surface area contributed by atoms with Gasteiger partial charge in [-0.2, -0.15) is 0 Å². The molecule has 3 aromatic rings. The van der Waals surface area contributed by atoms with E-state index >= 15 is 0 Å². The van der Waals surface area contributed by atoms with Crippen molar-refractivity contribution in [2.75, 3.05) is 18.3 Å². The zero-order chi connectivity index (χ0) is 20.8. The molecule has 2 aliphatic heterocycles. The molecule has 5 rings (SSSR count). The molecule has 156 valence electrons. The summed E-state index contributed by atoms with van der Waals surface area (Å²) < 4.78 is 1.59. The predicted octanol–water partition coefficient (Wildman–Crippen LogP) is 2.60. The number of para-hydroxylation sites is 1. The predicted molar refractivity (Wildman–Crippen MR) is 112 cm³/mol. The van der Waals surface area contributed by atoms with E-state index in [1.54, 1.807) is 10.6 Å². The second kappa shape index (κ2) is 7.30. The molecule has 2 atom stereocenters. The highest BCUT2D eigenvalue weighted by molar-refractivity contribution is 5.84. The number of fused-ring (bicyclic) bond motifs is 5. The first-order chi connectivity index (χ1) is 14.5. The maximum absolute atomic E-state index is 12.9. The number of benzene rings is 1. The molecule has 0 saturated carbocycles. The fourth-order valence-corrected chi connectivity index (χ4v) is 5.02. The third kappa shape index (κ3) is 3.18. The molecule has 1 amide bonds. The van der Waals surface area contributed by atoms with Gasteiger partial charge in [0.05, 0.1) is 0 Å². The van der Waals surface area contributed by atoms with Gasteiger partial charge in [-0.25, -0.2) is 0 Å². The van der Waals surface area contributed by atoms with Crippen LogP contribution < -0.4 is 10.8 Å². The Morgan fingerprint density at radius 1 is 1.20 bits per heavy atom. The standard InChI is InChI=1S/C22H23N4O4/c27-21(8-5-15-10-23-18-4-2-1-3-17(15)18)24-11-14-9-16(13-24)19-6-7-20(26(29)30)22(28)25(19)12-14/h1-4,6-7,10,14,16,23,29H,5,8-9,11-13H2/q-1/t14-,16-/m1/s1. The molecular weight excluding hydrogens is 384 g/mol. The Hall–Kier alpha value is -3.10. The Morgan fingerprint density at radius 2 is 2.03 bits per heavy atom. The molecule has 8 heteroatoms. The Balaban J connectivity index is 1.31. The van der Waals surface area contributed by atoms with Crippen molar-refractivity contribution >= 4 is 22.5 Å². The molecule has 1 saturated heterocycles. The third-order valence-corrected chi connectivity index (χ3v) is 6.43. The zero-order valence-corrected chi connectivity index (χ0v) is 16.5. The van der Waals surface area contributed by atoms with Gasteiger partial charge < -0.3 is 24.9 Å². The van der Waals surface area contributed by atoms with Gasteiger partial charge in [0, 0.05) is 54.8 Å². The first-order valence-corrected chi connectivity index (χ1v) is 10.2. The summed E-state index contributed by atoms with van der Waals surface area (Å²) in [6.45, 7) is 1.64. The molecule has 1 aromatic carbocycles. The van der Waals surface area contributed by atoms with Crippen LogP contribution in [0.5, 0.6) is 0 Å². The number of carbonyl (C=O) groups excluding carboxylic acids is 1. The maximum Gasteiger partial charge on any atom is 0.275 e. The molecule has 0 spiro atoms. The number of likely N-dealkylation sites (tertiary alicyclic amines) is 1. The Labute approximate surface area is 172 Å². The van der Waals surface area contributed by atoms with Crippen molar-refractivity contribution in [1.82, 2.24) is 14.5 Å². The zero-order valence-electron chi connectivity index (χ0n) is 16.5. The summed E-state index contributed by atoms with van der Waals surface area (Å²) in [5.41, 5.74) is 2.31. The fraction of sp³-hybridized carbons (Fsp3) is 0.364. The summed E-state index contributed by atoms with van der Waals surface area (Å²) in [5.74, 6) is 0.360. The molecular formula is C22H23N4O4-. The number of hydrogen-bond acceptors (Lipinski definition) is 5. The summed E-state index contributed by atoms with van der Waals surface area (Å²) in [4.78, 5) is 30.6. The molecule has 2 aromatic heterocycles. The van der Waals surface area contributed by atoms with Crippen LogP contribution >= 0.6 is 0 Å². The lowest BCUT2D eigenvalue weighted by Crippen LogP contribution is -2.49. The first-order valence-electron chi connectivity index (χ1n) is 10.2. The van der Waals surface area contributed by atoms with Crippen molar-refractivity contribution in [2.24, 2.45) is 5.92 Å². The summed E-state index contributed by atoms with van der Waals surface area (Å²) in [5, 5.41) is 21.1. The quantitative estimate of drug-likeness (QED) is 0.647. The minimum Gasteiger partial charge on any atom is -0.733 e. The molecule has 0 radical (unpaired) electrons. The number of aromatic amines is 1. The van der Waals surface area contributed by atoms with E-state index < -0.39 is 5.56 Å². The second-order valence-electron chi connectivity index (χ2n) is 8.29. The van der Waals surface area contributed by atoms with E-state index in [-0.39, 0.29) is 28.7 Å². The lowest BCUT2D eigenvalue weighted by atomic mass is 9.83. The highest BCUT2D eigenvalue weighted by Gasteiger charge is 2.36. The summed E-state index contributed by atoms with van der Waals surface area (Å²) in [6, 6.07) is 11.2. The van der Waals surface area contributed by atoms with Gasteiger partial charge in [-0.15, -0.1) is 0 Å².